The van der Waals surface area contributed by atoms with Crippen molar-refractivity contribution in [3.8, 4) is 5.75 Å². The summed E-state index contributed by atoms with van der Waals surface area (Å²) >= 11 is 0. The Labute approximate surface area is 126 Å². The lowest BCUT2D eigenvalue weighted by atomic mass is 9.80. The van der Waals surface area contributed by atoms with E-state index in [0.717, 1.165) is 43.6 Å². The standard InChI is InChI=1S/C17H25NO3/c1-2-12-21-15-7-4-14(5-8-15)6-9-16(19)18-13-17(20)10-3-11-17/h4-5,7-8,20H,2-3,6,9-13H2,1H3,(H,18,19). The van der Waals surface area contributed by atoms with E-state index >= 15 is 0 Å². The number of aliphatic hydroxyl groups is 1. The molecule has 1 amide bonds. The number of aryl methyl sites for hydroxylation is 1. The Bertz CT molecular complexity index is 452. The van der Waals surface area contributed by atoms with Gasteiger partial charge in [-0.25, -0.2) is 0 Å². The minimum absolute atomic E-state index is 0.00151. The highest BCUT2D eigenvalue weighted by Gasteiger charge is 2.34. The van der Waals surface area contributed by atoms with Crippen molar-refractivity contribution in [2.75, 3.05) is 13.2 Å². The monoisotopic (exact) mass is 291 g/mol. The van der Waals surface area contributed by atoms with E-state index in [1.807, 2.05) is 24.3 Å². The molecule has 0 unspecified atom stereocenters. The number of hydrogen-bond acceptors (Lipinski definition) is 3. The molecule has 0 aromatic heterocycles. The molecule has 1 aromatic rings. The summed E-state index contributed by atoms with van der Waals surface area (Å²) in [6, 6.07) is 7.88. The number of hydrogen-bond donors (Lipinski definition) is 2. The molecule has 21 heavy (non-hydrogen) atoms. The Kier molecular flexibility index (Phi) is 5.62. The smallest absolute Gasteiger partial charge is 0.220 e. The first kappa shape index (κ1) is 15.8. The van der Waals surface area contributed by atoms with Crippen LogP contribution in [0, 0.1) is 0 Å². The average Bonchev–Trinajstić information content (AvgIpc) is 2.48. The summed E-state index contributed by atoms with van der Waals surface area (Å²) < 4.78 is 5.52. The molecule has 1 aromatic carbocycles. The zero-order valence-electron chi connectivity index (χ0n) is 12.7. The lowest BCUT2D eigenvalue weighted by Crippen LogP contribution is -2.47. The van der Waals surface area contributed by atoms with Crippen molar-refractivity contribution in [3.05, 3.63) is 29.8 Å². The van der Waals surface area contributed by atoms with Crippen molar-refractivity contribution in [1.29, 1.82) is 0 Å². The van der Waals surface area contributed by atoms with Gasteiger partial charge in [-0.05, 0) is 49.8 Å². The molecule has 1 aliphatic rings. The Morgan fingerprint density at radius 1 is 1.33 bits per heavy atom. The summed E-state index contributed by atoms with van der Waals surface area (Å²) in [6.45, 7) is 3.19. The van der Waals surface area contributed by atoms with Crippen molar-refractivity contribution >= 4 is 5.91 Å². The second-order valence-corrected chi connectivity index (χ2v) is 5.85. The molecule has 0 spiro atoms. The quantitative estimate of drug-likeness (QED) is 0.773. The van der Waals surface area contributed by atoms with Gasteiger partial charge in [-0.3, -0.25) is 4.79 Å². The SMILES string of the molecule is CCCOc1ccc(CCC(=O)NCC2(O)CCC2)cc1. The molecule has 0 saturated heterocycles. The van der Waals surface area contributed by atoms with Gasteiger partial charge in [0.15, 0.2) is 0 Å². The lowest BCUT2D eigenvalue weighted by Gasteiger charge is -2.36. The van der Waals surface area contributed by atoms with E-state index in [-0.39, 0.29) is 5.91 Å². The second-order valence-electron chi connectivity index (χ2n) is 5.85. The number of rotatable bonds is 8. The number of ether oxygens (including phenoxy) is 1. The van der Waals surface area contributed by atoms with Crippen LogP contribution in [0.1, 0.15) is 44.6 Å². The summed E-state index contributed by atoms with van der Waals surface area (Å²) in [4.78, 5) is 11.8. The van der Waals surface area contributed by atoms with Gasteiger partial charge in [0.25, 0.3) is 0 Å². The molecular formula is C17H25NO3. The van der Waals surface area contributed by atoms with E-state index in [1.165, 1.54) is 0 Å². The predicted octanol–water partition coefficient (Wildman–Crippen LogP) is 2.44. The number of nitrogens with one attached hydrogen (secondary N) is 1. The zero-order chi connectivity index (χ0) is 15.1. The van der Waals surface area contributed by atoms with Crippen LogP contribution in [0.2, 0.25) is 0 Å². The minimum Gasteiger partial charge on any atom is -0.494 e. The van der Waals surface area contributed by atoms with Crippen LogP contribution in [-0.4, -0.2) is 29.8 Å². The van der Waals surface area contributed by atoms with E-state index in [0.29, 0.717) is 19.4 Å². The average molecular weight is 291 g/mol. The van der Waals surface area contributed by atoms with E-state index in [2.05, 4.69) is 12.2 Å². The molecule has 4 heteroatoms. The minimum atomic E-state index is -0.645. The maximum Gasteiger partial charge on any atom is 0.220 e. The normalized spacial score (nSPS) is 16.1. The van der Waals surface area contributed by atoms with Gasteiger partial charge in [0.2, 0.25) is 5.91 Å². The fourth-order valence-electron chi connectivity index (χ4n) is 2.34. The van der Waals surface area contributed by atoms with Gasteiger partial charge in [-0.2, -0.15) is 0 Å². The highest BCUT2D eigenvalue weighted by atomic mass is 16.5. The summed E-state index contributed by atoms with van der Waals surface area (Å²) in [5, 5.41) is 12.7. The molecule has 4 nitrogen and oxygen atoms in total. The summed E-state index contributed by atoms with van der Waals surface area (Å²) in [5.41, 5.74) is 0.477. The summed E-state index contributed by atoms with van der Waals surface area (Å²) in [6.07, 6.45) is 4.80. The molecule has 1 fully saturated rings. The summed E-state index contributed by atoms with van der Waals surface area (Å²) in [7, 11) is 0. The lowest BCUT2D eigenvalue weighted by molar-refractivity contribution is -0.123. The van der Waals surface area contributed by atoms with Crippen LogP contribution in [0.5, 0.6) is 5.75 Å². The molecule has 0 heterocycles. The van der Waals surface area contributed by atoms with Crippen molar-refractivity contribution < 1.29 is 14.6 Å². The molecule has 0 atom stereocenters. The van der Waals surface area contributed by atoms with E-state index < -0.39 is 5.60 Å². The number of carbonyl (C=O) groups is 1. The van der Waals surface area contributed by atoms with Gasteiger partial charge in [0, 0.05) is 13.0 Å². The first-order valence-electron chi connectivity index (χ1n) is 7.82. The van der Waals surface area contributed by atoms with Gasteiger partial charge in [-0.1, -0.05) is 19.1 Å². The zero-order valence-corrected chi connectivity index (χ0v) is 12.7. The number of carbonyl (C=O) groups excluding carboxylic acids is 1. The van der Waals surface area contributed by atoms with Crippen LogP contribution in [0.25, 0.3) is 0 Å². The molecule has 0 bridgehead atoms. The largest absolute Gasteiger partial charge is 0.494 e. The molecular weight excluding hydrogens is 266 g/mol. The third kappa shape index (κ3) is 5.05. The van der Waals surface area contributed by atoms with Crippen LogP contribution in [0.15, 0.2) is 24.3 Å². The highest BCUT2D eigenvalue weighted by molar-refractivity contribution is 5.76. The van der Waals surface area contributed by atoms with E-state index in [9.17, 15) is 9.90 Å². The molecule has 2 rings (SSSR count). The highest BCUT2D eigenvalue weighted by Crippen LogP contribution is 2.30. The van der Waals surface area contributed by atoms with Crippen molar-refractivity contribution in [2.24, 2.45) is 0 Å². The van der Waals surface area contributed by atoms with Crippen LogP contribution in [0.3, 0.4) is 0 Å². The van der Waals surface area contributed by atoms with Crippen molar-refractivity contribution in [3.63, 3.8) is 0 Å². The molecule has 1 aliphatic carbocycles. The third-order valence-corrected chi connectivity index (χ3v) is 3.94. The van der Waals surface area contributed by atoms with Crippen LogP contribution >= 0.6 is 0 Å². The molecule has 0 aliphatic heterocycles. The van der Waals surface area contributed by atoms with Gasteiger partial charge < -0.3 is 15.2 Å². The Morgan fingerprint density at radius 3 is 2.62 bits per heavy atom. The fraction of sp³-hybridized carbons (Fsp3) is 0.588. The first-order valence-corrected chi connectivity index (χ1v) is 7.82. The number of benzene rings is 1. The Hall–Kier alpha value is -1.55. The summed E-state index contributed by atoms with van der Waals surface area (Å²) in [5.74, 6) is 0.874. The maximum atomic E-state index is 11.8. The Balaban J connectivity index is 1.68. The maximum absolute atomic E-state index is 11.8. The van der Waals surface area contributed by atoms with Crippen molar-refractivity contribution in [2.45, 2.75) is 51.0 Å². The predicted molar refractivity (Wildman–Crippen MR) is 82.4 cm³/mol. The van der Waals surface area contributed by atoms with Crippen LogP contribution in [0.4, 0.5) is 0 Å². The van der Waals surface area contributed by atoms with E-state index in [1.54, 1.807) is 0 Å². The van der Waals surface area contributed by atoms with Gasteiger partial charge in [0.1, 0.15) is 5.75 Å². The van der Waals surface area contributed by atoms with Crippen LogP contribution < -0.4 is 10.1 Å². The molecule has 1 saturated carbocycles. The second kappa shape index (κ2) is 7.46. The number of amides is 1. The molecule has 0 radical (unpaired) electrons. The van der Waals surface area contributed by atoms with Crippen LogP contribution in [-0.2, 0) is 11.2 Å². The third-order valence-electron chi connectivity index (χ3n) is 3.94. The molecule has 116 valence electrons. The van der Waals surface area contributed by atoms with Crippen molar-refractivity contribution in [1.82, 2.24) is 5.32 Å². The topological polar surface area (TPSA) is 58.6 Å². The van der Waals surface area contributed by atoms with Gasteiger partial charge in [0.05, 0.1) is 12.2 Å². The van der Waals surface area contributed by atoms with Gasteiger partial charge in [-0.15, -0.1) is 0 Å². The van der Waals surface area contributed by atoms with E-state index in [4.69, 9.17) is 4.74 Å². The molecule has 2 N–H and O–H groups in total. The van der Waals surface area contributed by atoms with Gasteiger partial charge >= 0.3 is 0 Å². The Morgan fingerprint density at radius 2 is 2.05 bits per heavy atom. The first-order chi connectivity index (χ1) is 10.1. The fourth-order valence-corrected chi connectivity index (χ4v) is 2.34.